The highest BCUT2D eigenvalue weighted by Gasteiger charge is 2.23. The fourth-order valence-electron chi connectivity index (χ4n) is 4.02. The number of phenolic OH excluding ortho intramolecular Hbond substituents is 1. The minimum Gasteiger partial charge on any atom is -0.508 e. The van der Waals surface area contributed by atoms with E-state index >= 15 is 0 Å². The summed E-state index contributed by atoms with van der Waals surface area (Å²) in [5, 5.41) is 10.9. The van der Waals surface area contributed by atoms with Crippen LogP contribution in [0.1, 0.15) is 51.0 Å². The van der Waals surface area contributed by atoms with Crippen molar-refractivity contribution in [1.82, 2.24) is 4.90 Å². The van der Waals surface area contributed by atoms with Crippen LogP contribution in [0.4, 0.5) is 5.69 Å². The summed E-state index contributed by atoms with van der Waals surface area (Å²) in [4.78, 5) is 17.1. The molecule has 0 saturated carbocycles. The zero-order chi connectivity index (χ0) is 20.8. The van der Waals surface area contributed by atoms with Gasteiger partial charge in [0, 0.05) is 38.3 Å². The van der Waals surface area contributed by atoms with E-state index in [9.17, 15) is 9.90 Å². The summed E-state index contributed by atoms with van der Waals surface area (Å²) in [7, 11) is 2.09. The summed E-state index contributed by atoms with van der Waals surface area (Å²) < 4.78 is 11.6. The molecule has 0 bridgehead atoms. The van der Waals surface area contributed by atoms with Gasteiger partial charge in [-0.2, -0.15) is 0 Å². The predicted octanol–water partition coefficient (Wildman–Crippen LogP) is 4.30. The maximum atomic E-state index is 12.7. The number of unbranched alkanes of at least 4 members (excludes halogenated alkanes) is 5. The molecule has 0 radical (unpaired) electrons. The first-order chi connectivity index (χ1) is 14.0. The predicted molar refractivity (Wildman–Crippen MR) is 117 cm³/mol. The first-order valence-corrected chi connectivity index (χ1v) is 10.9. The van der Waals surface area contributed by atoms with Gasteiger partial charge in [-0.1, -0.05) is 39.0 Å². The van der Waals surface area contributed by atoms with Crippen LogP contribution in [0.15, 0.2) is 21.3 Å². The highest BCUT2D eigenvalue weighted by Crippen LogP contribution is 2.36. The van der Waals surface area contributed by atoms with Gasteiger partial charge in [-0.05, 0) is 26.0 Å². The fraction of sp³-hybridized carbons (Fsp3) is 0.609. The largest absolute Gasteiger partial charge is 0.508 e. The van der Waals surface area contributed by atoms with E-state index in [-0.39, 0.29) is 11.4 Å². The Morgan fingerprint density at radius 3 is 2.48 bits per heavy atom. The first kappa shape index (κ1) is 21.5. The zero-order valence-corrected chi connectivity index (χ0v) is 18.0. The number of piperazine rings is 1. The van der Waals surface area contributed by atoms with Crippen LogP contribution in [-0.2, 0) is 0 Å². The van der Waals surface area contributed by atoms with Crippen LogP contribution in [-0.4, -0.2) is 49.8 Å². The number of fused-ring (bicyclic) bond motifs is 1. The molecule has 3 rings (SSSR count). The van der Waals surface area contributed by atoms with E-state index in [2.05, 4.69) is 23.8 Å². The van der Waals surface area contributed by atoms with Gasteiger partial charge in [0.15, 0.2) is 0 Å². The van der Waals surface area contributed by atoms with Gasteiger partial charge in [0.25, 0.3) is 0 Å². The van der Waals surface area contributed by atoms with Crippen molar-refractivity contribution in [3.05, 3.63) is 28.1 Å². The van der Waals surface area contributed by atoms with E-state index in [0.29, 0.717) is 23.6 Å². The molecule has 0 unspecified atom stereocenters. The van der Waals surface area contributed by atoms with Crippen molar-refractivity contribution in [3.63, 3.8) is 0 Å². The van der Waals surface area contributed by atoms with Crippen molar-refractivity contribution in [2.24, 2.45) is 0 Å². The molecule has 0 amide bonds. The van der Waals surface area contributed by atoms with Crippen LogP contribution >= 0.6 is 0 Å². The van der Waals surface area contributed by atoms with Gasteiger partial charge in [-0.25, -0.2) is 4.79 Å². The average Bonchev–Trinajstić information content (AvgIpc) is 2.68. The first-order valence-electron chi connectivity index (χ1n) is 10.9. The molecule has 160 valence electrons. The summed E-state index contributed by atoms with van der Waals surface area (Å²) in [5.41, 5.74) is 1.50. The lowest BCUT2D eigenvalue weighted by Gasteiger charge is -2.34. The Balaban J connectivity index is 1.82. The van der Waals surface area contributed by atoms with Gasteiger partial charge in [0.2, 0.25) is 0 Å². The molecule has 1 aromatic heterocycles. The van der Waals surface area contributed by atoms with Crippen molar-refractivity contribution in [3.8, 4) is 11.5 Å². The molecule has 6 heteroatoms. The molecule has 1 aliphatic heterocycles. The number of aromatic hydroxyl groups is 1. The Morgan fingerprint density at radius 2 is 1.76 bits per heavy atom. The van der Waals surface area contributed by atoms with Gasteiger partial charge < -0.3 is 24.1 Å². The number of aryl methyl sites for hydroxylation is 1. The van der Waals surface area contributed by atoms with E-state index in [0.717, 1.165) is 50.0 Å². The molecule has 6 nitrogen and oxygen atoms in total. The van der Waals surface area contributed by atoms with E-state index in [4.69, 9.17) is 9.15 Å². The van der Waals surface area contributed by atoms with Crippen LogP contribution in [0.3, 0.4) is 0 Å². The second-order valence-corrected chi connectivity index (χ2v) is 8.09. The number of hydrogen-bond donors (Lipinski definition) is 1. The fourth-order valence-corrected chi connectivity index (χ4v) is 4.02. The number of rotatable bonds is 9. The summed E-state index contributed by atoms with van der Waals surface area (Å²) in [6.07, 6.45) is 7.13. The number of ether oxygens (including phenoxy) is 1. The summed E-state index contributed by atoms with van der Waals surface area (Å²) >= 11 is 0. The van der Waals surface area contributed by atoms with Crippen molar-refractivity contribution in [2.45, 2.75) is 52.4 Å². The quantitative estimate of drug-likeness (QED) is 0.498. The Morgan fingerprint density at radius 1 is 1.07 bits per heavy atom. The van der Waals surface area contributed by atoms with E-state index in [1.54, 1.807) is 6.07 Å². The lowest BCUT2D eigenvalue weighted by Crippen LogP contribution is -2.46. The van der Waals surface area contributed by atoms with Gasteiger partial charge >= 0.3 is 5.63 Å². The Bertz CT molecular complexity index is 869. The third-order valence-corrected chi connectivity index (χ3v) is 5.75. The van der Waals surface area contributed by atoms with Crippen LogP contribution in [0.25, 0.3) is 11.0 Å². The molecule has 1 fully saturated rings. The second-order valence-electron chi connectivity index (χ2n) is 8.09. The number of phenols is 1. The Hall–Kier alpha value is -2.21. The van der Waals surface area contributed by atoms with Crippen LogP contribution in [0, 0.1) is 6.92 Å². The molecule has 2 aromatic rings. The summed E-state index contributed by atoms with van der Waals surface area (Å²) in [6, 6.07) is 3.12. The molecule has 1 aliphatic rings. The maximum absolute atomic E-state index is 12.7. The molecule has 29 heavy (non-hydrogen) atoms. The molecule has 0 aliphatic carbocycles. The van der Waals surface area contributed by atoms with E-state index in [1.807, 2.05) is 6.92 Å². The Labute approximate surface area is 173 Å². The molecule has 1 N–H and O–H groups in total. The van der Waals surface area contributed by atoms with Gasteiger partial charge in [0.05, 0.1) is 12.0 Å². The molecule has 0 spiro atoms. The van der Waals surface area contributed by atoms with Crippen molar-refractivity contribution >= 4 is 16.7 Å². The van der Waals surface area contributed by atoms with Gasteiger partial charge in [0.1, 0.15) is 22.8 Å². The molecular formula is C23H34N2O4. The highest BCUT2D eigenvalue weighted by molar-refractivity contribution is 5.91. The topological polar surface area (TPSA) is 66.2 Å². The van der Waals surface area contributed by atoms with Gasteiger partial charge in [-0.3, -0.25) is 0 Å². The van der Waals surface area contributed by atoms with E-state index < -0.39 is 0 Å². The number of nitrogens with zero attached hydrogens (tertiary/aromatic N) is 2. The monoisotopic (exact) mass is 402 g/mol. The average molecular weight is 403 g/mol. The Kier molecular flexibility index (Phi) is 7.42. The zero-order valence-electron chi connectivity index (χ0n) is 18.0. The number of benzene rings is 1. The van der Waals surface area contributed by atoms with E-state index in [1.165, 1.54) is 31.7 Å². The summed E-state index contributed by atoms with van der Waals surface area (Å²) in [5.74, 6) is 0.635. The molecule has 2 heterocycles. The maximum Gasteiger partial charge on any atom is 0.360 e. The normalized spacial score (nSPS) is 15.2. The van der Waals surface area contributed by atoms with Crippen molar-refractivity contribution < 1.29 is 14.3 Å². The van der Waals surface area contributed by atoms with Crippen molar-refractivity contribution in [2.75, 3.05) is 44.7 Å². The smallest absolute Gasteiger partial charge is 0.360 e. The molecule has 1 saturated heterocycles. The van der Waals surface area contributed by atoms with Crippen LogP contribution in [0.2, 0.25) is 0 Å². The SMILES string of the molecule is CCCCCCCCOc1cc(O)cc2oc(=O)c(N3CCN(C)CC3)c(C)c12. The minimum absolute atomic E-state index is 0.0466. The second kappa shape index (κ2) is 10.0. The number of hydrogen-bond acceptors (Lipinski definition) is 6. The number of anilines is 1. The van der Waals surface area contributed by atoms with Crippen LogP contribution < -0.4 is 15.3 Å². The van der Waals surface area contributed by atoms with Crippen LogP contribution in [0.5, 0.6) is 11.5 Å². The molecule has 1 aromatic carbocycles. The number of likely N-dealkylation sites (N-methyl/N-ethyl adjacent to an activating group) is 1. The van der Waals surface area contributed by atoms with Gasteiger partial charge in [-0.15, -0.1) is 0 Å². The third-order valence-electron chi connectivity index (χ3n) is 5.75. The summed E-state index contributed by atoms with van der Waals surface area (Å²) in [6.45, 7) is 8.16. The standard InChI is InChI=1S/C23H34N2O4/c1-4-5-6-7-8-9-14-28-19-15-18(26)16-20-21(19)17(2)22(23(27)29-20)25-12-10-24(3)11-13-25/h15-16,26H,4-14H2,1-3H3. The van der Waals surface area contributed by atoms with Crippen molar-refractivity contribution in [1.29, 1.82) is 0 Å². The minimum atomic E-state index is -0.355. The molecular weight excluding hydrogens is 368 g/mol. The molecule has 0 atom stereocenters. The lowest BCUT2D eigenvalue weighted by molar-refractivity contribution is 0.305. The highest BCUT2D eigenvalue weighted by atomic mass is 16.5. The third kappa shape index (κ3) is 5.24. The lowest BCUT2D eigenvalue weighted by atomic mass is 10.1.